The van der Waals surface area contributed by atoms with Crippen molar-refractivity contribution < 1.29 is 4.74 Å². The Kier molecular flexibility index (Phi) is 2.05. The lowest BCUT2D eigenvalue weighted by Gasteiger charge is -2.21. The molecule has 3 heteroatoms. The maximum atomic E-state index is 5.42. The molecular weight excluding hydrogens is 218 g/mol. The lowest BCUT2D eigenvalue weighted by atomic mass is 9.98. The van der Waals surface area contributed by atoms with E-state index in [-0.39, 0.29) is 0 Å². The highest BCUT2D eigenvalue weighted by Gasteiger charge is 2.18. The third kappa shape index (κ3) is 1.33. The van der Waals surface area contributed by atoms with E-state index in [1.165, 1.54) is 5.56 Å². The van der Waals surface area contributed by atoms with Crippen LogP contribution >= 0.6 is 15.9 Å². The van der Waals surface area contributed by atoms with Gasteiger partial charge in [0.15, 0.2) is 0 Å². The Balaban J connectivity index is 2.47. The van der Waals surface area contributed by atoms with Gasteiger partial charge in [-0.3, -0.25) is 0 Å². The highest BCUT2D eigenvalue weighted by atomic mass is 79.9. The van der Waals surface area contributed by atoms with E-state index in [1.54, 1.807) is 6.20 Å². The molecule has 0 saturated heterocycles. The Bertz CT molecular complexity index is 301. The summed E-state index contributed by atoms with van der Waals surface area (Å²) < 4.78 is 6.44. The van der Waals surface area contributed by atoms with Crippen molar-refractivity contribution >= 4 is 15.9 Å². The minimum absolute atomic E-state index is 0.568. The molecule has 2 heterocycles. The number of halogens is 1. The predicted octanol–water partition coefficient (Wildman–Crippen LogP) is 2.73. The van der Waals surface area contributed by atoms with Crippen LogP contribution in [0.3, 0.4) is 0 Å². The van der Waals surface area contributed by atoms with Crippen molar-refractivity contribution in [3.05, 3.63) is 22.3 Å². The molecule has 0 N–H and O–H groups in total. The van der Waals surface area contributed by atoms with Gasteiger partial charge >= 0.3 is 0 Å². The van der Waals surface area contributed by atoms with Crippen molar-refractivity contribution in [1.29, 1.82) is 0 Å². The molecule has 1 unspecified atom stereocenters. The van der Waals surface area contributed by atoms with E-state index in [0.717, 1.165) is 23.4 Å². The van der Waals surface area contributed by atoms with Crippen molar-refractivity contribution in [3.8, 4) is 5.88 Å². The van der Waals surface area contributed by atoms with E-state index in [1.807, 2.05) is 0 Å². The number of pyridine rings is 1. The summed E-state index contributed by atoms with van der Waals surface area (Å²) in [5.74, 6) is 1.37. The van der Waals surface area contributed by atoms with E-state index < -0.39 is 0 Å². The minimum atomic E-state index is 0.568. The Morgan fingerprint density at radius 1 is 1.67 bits per heavy atom. The fraction of sp³-hybridized carbons (Fsp3) is 0.444. The molecule has 1 aliphatic rings. The summed E-state index contributed by atoms with van der Waals surface area (Å²) in [6.07, 6.45) is 2.86. The van der Waals surface area contributed by atoms with E-state index in [0.29, 0.717) is 5.92 Å². The van der Waals surface area contributed by atoms with E-state index in [9.17, 15) is 0 Å². The number of fused-ring (bicyclic) bond motifs is 1. The van der Waals surface area contributed by atoms with Gasteiger partial charge in [0.05, 0.1) is 6.61 Å². The first kappa shape index (κ1) is 8.05. The molecule has 0 radical (unpaired) electrons. The van der Waals surface area contributed by atoms with Crippen LogP contribution in [-0.4, -0.2) is 11.6 Å². The van der Waals surface area contributed by atoms with Gasteiger partial charge in [0, 0.05) is 16.2 Å². The van der Waals surface area contributed by atoms with E-state index in [2.05, 4.69) is 33.9 Å². The quantitative estimate of drug-likeness (QED) is 0.681. The monoisotopic (exact) mass is 227 g/mol. The second kappa shape index (κ2) is 3.05. The zero-order valence-electron chi connectivity index (χ0n) is 6.88. The Hall–Kier alpha value is -0.570. The molecular formula is C9H10BrNO. The fourth-order valence-corrected chi connectivity index (χ4v) is 1.75. The van der Waals surface area contributed by atoms with Gasteiger partial charge in [-0.2, -0.15) is 0 Å². The van der Waals surface area contributed by atoms with Gasteiger partial charge in [-0.05, 0) is 34.3 Å². The van der Waals surface area contributed by atoms with Crippen LogP contribution in [0.2, 0.25) is 0 Å². The summed E-state index contributed by atoms with van der Waals surface area (Å²) in [6.45, 7) is 3.00. The highest BCUT2D eigenvalue weighted by molar-refractivity contribution is 9.10. The topological polar surface area (TPSA) is 22.1 Å². The summed E-state index contributed by atoms with van der Waals surface area (Å²) in [6, 6.07) is 2.09. The molecule has 2 rings (SSSR count). The second-order valence-corrected chi connectivity index (χ2v) is 4.00. The van der Waals surface area contributed by atoms with E-state index in [4.69, 9.17) is 4.74 Å². The van der Waals surface area contributed by atoms with Gasteiger partial charge in [0.1, 0.15) is 0 Å². The first-order valence-electron chi connectivity index (χ1n) is 4.05. The number of hydrogen-bond acceptors (Lipinski definition) is 2. The highest BCUT2D eigenvalue weighted by Crippen LogP contribution is 2.32. The van der Waals surface area contributed by atoms with Crippen molar-refractivity contribution in [1.82, 2.24) is 4.98 Å². The smallest absolute Gasteiger partial charge is 0.216 e. The minimum Gasteiger partial charge on any atom is -0.477 e. The zero-order chi connectivity index (χ0) is 8.55. The van der Waals surface area contributed by atoms with Gasteiger partial charge in [-0.1, -0.05) is 6.92 Å². The standard InChI is InChI=1S/C9H10BrNO/c1-6-2-3-12-9-8(6)4-7(10)5-11-9/h4-6H,2-3H2,1H3. The number of ether oxygens (including phenoxy) is 1. The molecule has 1 aromatic heterocycles. The molecule has 64 valence electrons. The first-order valence-corrected chi connectivity index (χ1v) is 4.85. The molecule has 0 amide bonds. The van der Waals surface area contributed by atoms with Crippen LogP contribution in [0.25, 0.3) is 0 Å². The number of aromatic nitrogens is 1. The summed E-state index contributed by atoms with van der Waals surface area (Å²) in [7, 11) is 0. The molecule has 1 aromatic rings. The Morgan fingerprint density at radius 2 is 2.50 bits per heavy atom. The van der Waals surface area contributed by atoms with Crippen LogP contribution in [-0.2, 0) is 0 Å². The van der Waals surface area contributed by atoms with Crippen LogP contribution in [0, 0.1) is 0 Å². The van der Waals surface area contributed by atoms with Crippen LogP contribution in [0.1, 0.15) is 24.8 Å². The summed E-state index contributed by atoms with van der Waals surface area (Å²) in [5, 5.41) is 0. The van der Waals surface area contributed by atoms with Gasteiger partial charge in [0.2, 0.25) is 5.88 Å². The molecule has 1 atom stereocenters. The van der Waals surface area contributed by atoms with Crippen LogP contribution in [0.4, 0.5) is 0 Å². The maximum Gasteiger partial charge on any atom is 0.216 e. The molecule has 0 aromatic carbocycles. The van der Waals surface area contributed by atoms with Crippen LogP contribution < -0.4 is 4.74 Å². The SMILES string of the molecule is CC1CCOc2ncc(Br)cc21. The maximum absolute atomic E-state index is 5.42. The number of hydrogen-bond donors (Lipinski definition) is 0. The van der Waals surface area contributed by atoms with Gasteiger partial charge < -0.3 is 4.74 Å². The molecule has 2 nitrogen and oxygen atoms in total. The van der Waals surface area contributed by atoms with Crippen LogP contribution in [0.5, 0.6) is 5.88 Å². The van der Waals surface area contributed by atoms with Gasteiger partial charge in [0.25, 0.3) is 0 Å². The largest absolute Gasteiger partial charge is 0.477 e. The van der Waals surface area contributed by atoms with Crippen LogP contribution in [0.15, 0.2) is 16.7 Å². The molecule has 0 fully saturated rings. The molecule has 12 heavy (non-hydrogen) atoms. The second-order valence-electron chi connectivity index (χ2n) is 3.09. The first-order chi connectivity index (χ1) is 5.77. The summed E-state index contributed by atoms with van der Waals surface area (Å²) in [5.41, 5.74) is 1.22. The fourth-order valence-electron chi connectivity index (χ4n) is 1.40. The molecule has 0 bridgehead atoms. The average Bonchev–Trinajstić information content (AvgIpc) is 2.07. The third-order valence-corrected chi connectivity index (χ3v) is 2.60. The molecule has 0 spiro atoms. The normalized spacial score (nSPS) is 21.3. The van der Waals surface area contributed by atoms with Gasteiger partial charge in [-0.15, -0.1) is 0 Å². The van der Waals surface area contributed by atoms with Crippen molar-refractivity contribution in [2.24, 2.45) is 0 Å². The van der Waals surface area contributed by atoms with Crippen molar-refractivity contribution in [2.75, 3.05) is 6.61 Å². The van der Waals surface area contributed by atoms with Crippen molar-refractivity contribution in [3.63, 3.8) is 0 Å². The molecule has 1 aliphatic heterocycles. The number of rotatable bonds is 0. The summed E-state index contributed by atoms with van der Waals surface area (Å²) in [4.78, 5) is 4.20. The predicted molar refractivity (Wildman–Crippen MR) is 50.5 cm³/mol. The third-order valence-electron chi connectivity index (χ3n) is 2.17. The average molecular weight is 228 g/mol. The summed E-state index contributed by atoms with van der Waals surface area (Å²) >= 11 is 3.40. The Morgan fingerprint density at radius 3 is 3.33 bits per heavy atom. The number of nitrogens with zero attached hydrogens (tertiary/aromatic N) is 1. The lowest BCUT2D eigenvalue weighted by Crippen LogP contribution is -2.13. The molecule has 0 aliphatic carbocycles. The lowest BCUT2D eigenvalue weighted by molar-refractivity contribution is 0.260. The van der Waals surface area contributed by atoms with Crippen molar-refractivity contribution in [2.45, 2.75) is 19.3 Å². The van der Waals surface area contributed by atoms with E-state index >= 15 is 0 Å². The molecule has 0 saturated carbocycles. The Labute approximate surface area is 80.1 Å². The van der Waals surface area contributed by atoms with Gasteiger partial charge in [-0.25, -0.2) is 4.98 Å². The zero-order valence-corrected chi connectivity index (χ0v) is 8.47.